The lowest BCUT2D eigenvalue weighted by Gasteiger charge is -2.28. The van der Waals surface area contributed by atoms with Crippen LogP contribution in [0.4, 0.5) is 0 Å². The lowest BCUT2D eigenvalue weighted by atomic mass is 9.83. The summed E-state index contributed by atoms with van der Waals surface area (Å²) in [6.45, 7) is 4.89. The molecule has 0 N–H and O–H groups in total. The lowest BCUT2D eigenvalue weighted by molar-refractivity contribution is -0.150. The monoisotopic (exact) mass is 466 g/mol. The van der Waals surface area contributed by atoms with Crippen LogP contribution in [0, 0.1) is 6.92 Å². The number of rotatable bonds is 11. The molecule has 0 amide bonds. The first-order valence-corrected chi connectivity index (χ1v) is 12.5. The molecule has 2 saturated heterocycles. The van der Waals surface area contributed by atoms with Crippen LogP contribution in [0.3, 0.4) is 0 Å². The average molecular weight is 467 g/mol. The van der Waals surface area contributed by atoms with E-state index in [2.05, 4.69) is 19.1 Å². The highest BCUT2D eigenvalue weighted by Crippen LogP contribution is 2.35. The second-order valence-electron chi connectivity index (χ2n) is 9.65. The van der Waals surface area contributed by atoms with E-state index in [1.807, 2.05) is 30.3 Å². The van der Waals surface area contributed by atoms with Gasteiger partial charge < -0.3 is 23.7 Å². The molecule has 2 heterocycles. The molecule has 1 saturated carbocycles. The highest BCUT2D eigenvalue weighted by molar-refractivity contribution is 5.70. The number of carbonyl (C=O) groups excluding carboxylic acids is 1. The second-order valence-corrected chi connectivity index (χ2v) is 9.65. The maximum absolute atomic E-state index is 12.5. The van der Waals surface area contributed by atoms with E-state index in [1.54, 1.807) is 0 Å². The highest BCUT2D eigenvalue weighted by atomic mass is 16.6. The van der Waals surface area contributed by atoms with Gasteiger partial charge in [-0.1, -0.05) is 18.2 Å². The van der Waals surface area contributed by atoms with Gasteiger partial charge in [0, 0.05) is 6.42 Å². The third-order valence-corrected chi connectivity index (χ3v) is 6.91. The highest BCUT2D eigenvalue weighted by Gasteiger charge is 2.26. The van der Waals surface area contributed by atoms with Crippen LogP contribution in [0.2, 0.25) is 0 Å². The number of epoxide rings is 2. The quantitative estimate of drug-likeness (QED) is 0.352. The summed E-state index contributed by atoms with van der Waals surface area (Å²) in [5.74, 6) is 2.17. The summed E-state index contributed by atoms with van der Waals surface area (Å²) in [5.41, 5.74) is 3.64. The van der Waals surface area contributed by atoms with Gasteiger partial charge in [0.15, 0.2) is 0 Å². The Kier molecular flexibility index (Phi) is 7.36. The van der Waals surface area contributed by atoms with Crippen LogP contribution in [-0.4, -0.2) is 50.7 Å². The minimum Gasteiger partial charge on any atom is -0.491 e. The van der Waals surface area contributed by atoms with Crippen molar-refractivity contribution in [2.24, 2.45) is 0 Å². The van der Waals surface area contributed by atoms with Gasteiger partial charge in [-0.15, -0.1) is 0 Å². The van der Waals surface area contributed by atoms with Crippen LogP contribution in [-0.2, 0) is 25.4 Å². The first-order chi connectivity index (χ1) is 16.6. The van der Waals surface area contributed by atoms with E-state index >= 15 is 0 Å². The SMILES string of the molecule is Cc1cc(OCC2CO2)ccc1CCC(=O)OC1CCC(c2ccc(OCC3CO3)cc2)CC1. The molecule has 0 radical (unpaired) electrons. The molecule has 3 aliphatic rings. The smallest absolute Gasteiger partial charge is 0.306 e. The van der Waals surface area contributed by atoms with Gasteiger partial charge in [-0.25, -0.2) is 0 Å². The Morgan fingerprint density at radius 1 is 0.882 bits per heavy atom. The van der Waals surface area contributed by atoms with Crippen molar-refractivity contribution in [2.45, 2.75) is 69.7 Å². The van der Waals surface area contributed by atoms with Crippen molar-refractivity contribution in [3.8, 4) is 11.5 Å². The molecule has 34 heavy (non-hydrogen) atoms. The van der Waals surface area contributed by atoms with Crippen molar-refractivity contribution in [2.75, 3.05) is 26.4 Å². The Hall–Kier alpha value is -2.57. The summed E-state index contributed by atoms with van der Waals surface area (Å²) < 4.78 is 27.6. The van der Waals surface area contributed by atoms with Crippen molar-refractivity contribution in [1.29, 1.82) is 0 Å². The summed E-state index contributed by atoms with van der Waals surface area (Å²) in [7, 11) is 0. The van der Waals surface area contributed by atoms with Crippen LogP contribution >= 0.6 is 0 Å². The van der Waals surface area contributed by atoms with E-state index in [4.69, 9.17) is 23.7 Å². The topological polar surface area (TPSA) is 69.8 Å². The molecule has 2 aromatic rings. The molecule has 6 nitrogen and oxygen atoms in total. The van der Waals surface area contributed by atoms with Crippen molar-refractivity contribution >= 4 is 5.97 Å². The summed E-state index contributed by atoms with van der Waals surface area (Å²) in [6.07, 6.45) is 5.57. The fourth-order valence-electron chi connectivity index (χ4n) is 4.58. The van der Waals surface area contributed by atoms with E-state index in [9.17, 15) is 4.79 Å². The van der Waals surface area contributed by atoms with Gasteiger partial charge in [0.25, 0.3) is 0 Å². The van der Waals surface area contributed by atoms with Gasteiger partial charge in [-0.05, 0) is 85.9 Å². The molecule has 5 rings (SSSR count). The normalized spacial score (nSPS) is 25.4. The standard InChI is InChI=1S/C28H34O6/c1-19-14-25(31-16-27-18-33-27)12-2-20(19)7-13-28(29)34-24-10-5-22(6-11-24)21-3-8-23(9-4-21)30-15-26-17-32-26/h2-4,8-9,12,14,22,24,26-27H,5-7,10-11,13,15-18H2,1H3. The predicted molar refractivity (Wildman–Crippen MR) is 128 cm³/mol. The first kappa shape index (κ1) is 23.2. The van der Waals surface area contributed by atoms with Crippen molar-refractivity contribution < 1.29 is 28.5 Å². The lowest BCUT2D eigenvalue weighted by Crippen LogP contribution is -2.24. The molecule has 0 bridgehead atoms. The zero-order valence-electron chi connectivity index (χ0n) is 19.9. The Bertz CT molecular complexity index is 955. The Balaban J connectivity index is 1.01. The number of ether oxygens (including phenoxy) is 5. The zero-order chi connectivity index (χ0) is 23.3. The van der Waals surface area contributed by atoms with Crippen LogP contribution in [0.5, 0.6) is 11.5 Å². The number of benzene rings is 2. The van der Waals surface area contributed by atoms with Gasteiger partial charge in [0.1, 0.15) is 43.0 Å². The van der Waals surface area contributed by atoms with Crippen LogP contribution < -0.4 is 9.47 Å². The number of aryl methyl sites for hydroxylation is 2. The fraction of sp³-hybridized carbons (Fsp3) is 0.536. The molecular formula is C28H34O6. The number of hydrogen-bond acceptors (Lipinski definition) is 6. The van der Waals surface area contributed by atoms with Gasteiger partial charge in [-0.2, -0.15) is 0 Å². The zero-order valence-corrected chi connectivity index (χ0v) is 19.9. The Morgan fingerprint density at radius 3 is 2.12 bits per heavy atom. The van der Waals surface area contributed by atoms with Crippen molar-refractivity contribution in [3.05, 3.63) is 59.2 Å². The van der Waals surface area contributed by atoms with Crippen LogP contribution in [0.15, 0.2) is 42.5 Å². The first-order valence-electron chi connectivity index (χ1n) is 12.5. The molecule has 2 aromatic carbocycles. The summed E-state index contributed by atoms with van der Waals surface area (Å²) >= 11 is 0. The number of carbonyl (C=O) groups is 1. The van der Waals surface area contributed by atoms with Gasteiger partial charge in [-0.3, -0.25) is 4.79 Å². The average Bonchev–Trinajstić information content (AvgIpc) is 3.77. The number of esters is 1. The van der Waals surface area contributed by atoms with Crippen molar-refractivity contribution in [1.82, 2.24) is 0 Å². The van der Waals surface area contributed by atoms with Crippen LogP contribution in [0.1, 0.15) is 54.7 Å². The largest absolute Gasteiger partial charge is 0.491 e. The summed E-state index contributed by atoms with van der Waals surface area (Å²) in [5, 5.41) is 0. The van der Waals surface area contributed by atoms with E-state index in [0.29, 0.717) is 32.0 Å². The molecule has 6 heteroatoms. The molecule has 0 aromatic heterocycles. The van der Waals surface area contributed by atoms with Crippen LogP contribution in [0.25, 0.3) is 0 Å². The van der Waals surface area contributed by atoms with E-state index in [1.165, 1.54) is 5.56 Å². The van der Waals surface area contributed by atoms with Gasteiger partial charge in [0.05, 0.1) is 13.2 Å². The minimum atomic E-state index is -0.102. The minimum absolute atomic E-state index is 0.0337. The molecule has 0 spiro atoms. The Labute approximate surface area is 201 Å². The second kappa shape index (κ2) is 10.8. The summed E-state index contributed by atoms with van der Waals surface area (Å²) in [4.78, 5) is 12.5. The van der Waals surface area contributed by atoms with Crippen molar-refractivity contribution in [3.63, 3.8) is 0 Å². The van der Waals surface area contributed by atoms with E-state index < -0.39 is 0 Å². The van der Waals surface area contributed by atoms with Gasteiger partial charge in [0.2, 0.25) is 0 Å². The maximum Gasteiger partial charge on any atom is 0.306 e. The molecule has 2 unspecified atom stereocenters. The maximum atomic E-state index is 12.5. The molecule has 182 valence electrons. The van der Waals surface area contributed by atoms with E-state index in [-0.39, 0.29) is 24.3 Å². The molecule has 3 fully saturated rings. The fourth-order valence-corrected chi connectivity index (χ4v) is 4.58. The van der Waals surface area contributed by atoms with Gasteiger partial charge >= 0.3 is 5.97 Å². The third kappa shape index (κ3) is 6.73. The Morgan fingerprint density at radius 2 is 1.50 bits per heavy atom. The predicted octanol–water partition coefficient (Wildman–Crippen LogP) is 4.75. The third-order valence-electron chi connectivity index (χ3n) is 6.91. The molecule has 2 aliphatic heterocycles. The summed E-state index contributed by atoms with van der Waals surface area (Å²) in [6, 6.07) is 14.5. The molecule has 1 aliphatic carbocycles. The number of hydrogen-bond donors (Lipinski definition) is 0. The van der Waals surface area contributed by atoms with E-state index in [0.717, 1.165) is 61.5 Å². The molecule has 2 atom stereocenters. The molecular weight excluding hydrogens is 432 g/mol.